The minimum absolute atomic E-state index is 0.0555. The molecule has 4 nitrogen and oxygen atoms in total. The molecule has 0 saturated carbocycles. The molecule has 3 rings (SSSR count). The van der Waals surface area contributed by atoms with Crippen LogP contribution >= 0.6 is 0 Å². The third-order valence-corrected chi connectivity index (χ3v) is 3.62. The van der Waals surface area contributed by atoms with Gasteiger partial charge in [-0.1, -0.05) is 17.3 Å². The van der Waals surface area contributed by atoms with Crippen molar-refractivity contribution >= 4 is 0 Å². The Morgan fingerprint density at radius 3 is 2.71 bits per heavy atom. The van der Waals surface area contributed by atoms with E-state index in [-0.39, 0.29) is 30.9 Å². The normalized spacial score (nSPS) is 22.7. The monoisotopic (exact) mass is 301 g/mol. The second kappa shape index (κ2) is 4.80. The predicted molar refractivity (Wildman–Crippen MR) is 64.9 cm³/mol. The van der Waals surface area contributed by atoms with Gasteiger partial charge in [0.1, 0.15) is 5.82 Å². The van der Waals surface area contributed by atoms with E-state index in [2.05, 4.69) is 15.5 Å². The maximum atomic E-state index is 13.3. The number of hydrogen-bond acceptors (Lipinski definition) is 4. The molecule has 1 unspecified atom stereocenters. The molecule has 0 bridgehead atoms. The lowest BCUT2D eigenvalue weighted by atomic mass is 9.86. The van der Waals surface area contributed by atoms with Crippen molar-refractivity contribution in [2.24, 2.45) is 0 Å². The predicted octanol–water partition coefficient (Wildman–Crippen LogP) is 2.67. The van der Waals surface area contributed by atoms with Crippen molar-refractivity contribution in [2.45, 2.75) is 18.0 Å². The Labute approximate surface area is 117 Å². The van der Waals surface area contributed by atoms with Crippen molar-refractivity contribution in [3.63, 3.8) is 0 Å². The Morgan fingerprint density at radius 1 is 1.29 bits per heavy atom. The number of alkyl halides is 3. The molecule has 1 aliphatic rings. The van der Waals surface area contributed by atoms with Gasteiger partial charge in [-0.25, -0.2) is 4.39 Å². The first-order valence-electron chi connectivity index (χ1n) is 6.30. The number of nitrogens with zero attached hydrogens (tertiary/aromatic N) is 2. The van der Waals surface area contributed by atoms with Crippen LogP contribution in [0.4, 0.5) is 17.6 Å². The fraction of sp³-hybridized carbons (Fsp3) is 0.385. The average Bonchev–Trinajstić information content (AvgIpc) is 3.08. The highest BCUT2D eigenvalue weighted by molar-refractivity contribution is 5.54. The van der Waals surface area contributed by atoms with Crippen LogP contribution in [0.2, 0.25) is 0 Å². The van der Waals surface area contributed by atoms with E-state index in [0.717, 1.165) is 6.07 Å². The van der Waals surface area contributed by atoms with Crippen molar-refractivity contribution in [2.75, 3.05) is 13.1 Å². The number of halogens is 4. The van der Waals surface area contributed by atoms with E-state index in [1.54, 1.807) is 0 Å². The van der Waals surface area contributed by atoms with Crippen molar-refractivity contribution in [3.8, 4) is 11.4 Å². The molecule has 1 aromatic carbocycles. The minimum Gasteiger partial charge on any atom is -0.338 e. The van der Waals surface area contributed by atoms with Crippen LogP contribution in [0.3, 0.4) is 0 Å². The molecule has 1 fully saturated rings. The summed E-state index contributed by atoms with van der Waals surface area (Å²) >= 11 is 0. The molecule has 1 atom stereocenters. The van der Waals surface area contributed by atoms with Crippen molar-refractivity contribution in [1.29, 1.82) is 0 Å². The van der Waals surface area contributed by atoms with Crippen LogP contribution in [0, 0.1) is 5.82 Å². The Kier molecular flexibility index (Phi) is 3.20. The van der Waals surface area contributed by atoms with Gasteiger partial charge in [-0.2, -0.15) is 18.2 Å². The van der Waals surface area contributed by atoms with Gasteiger partial charge in [-0.3, -0.25) is 0 Å². The van der Waals surface area contributed by atoms with Crippen LogP contribution in [-0.2, 0) is 5.41 Å². The highest BCUT2D eigenvalue weighted by Crippen LogP contribution is 2.45. The van der Waals surface area contributed by atoms with E-state index in [9.17, 15) is 17.6 Å². The molecule has 1 aromatic heterocycles. The molecule has 1 N–H and O–H groups in total. The number of rotatable bonds is 2. The van der Waals surface area contributed by atoms with Gasteiger partial charge >= 0.3 is 6.18 Å². The van der Waals surface area contributed by atoms with Gasteiger partial charge in [0.05, 0.1) is 0 Å². The van der Waals surface area contributed by atoms with Gasteiger partial charge in [0.2, 0.25) is 11.7 Å². The lowest BCUT2D eigenvalue weighted by Gasteiger charge is -2.26. The Balaban J connectivity index is 2.01. The second-order valence-electron chi connectivity index (χ2n) is 4.94. The molecule has 2 heterocycles. The van der Waals surface area contributed by atoms with E-state index in [1.807, 2.05) is 0 Å². The fourth-order valence-corrected chi connectivity index (χ4v) is 2.40. The molecule has 1 aliphatic heterocycles. The summed E-state index contributed by atoms with van der Waals surface area (Å²) in [5.74, 6) is -1.06. The maximum Gasteiger partial charge on any atom is 0.404 e. The van der Waals surface area contributed by atoms with Crippen LogP contribution in [0.5, 0.6) is 0 Å². The van der Waals surface area contributed by atoms with E-state index in [1.165, 1.54) is 18.2 Å². The van der Waals surface area contributed by atoms with E-state index in [0.29, 0.717) is 0 Å². The SMILES string of the molecule is Fc1cccc(-c2noc(C3(C(F)(F)F)CCNC3)n2)c1. The van der Waals surface area contributed by atoms with Crippen LogP contribution in [0.25, 0.3) is 11.4 Å². The summed E-state index contributed by atoms with van der Waals surface area (Å²) in [6, 6.07) is 5.30. The molecule has 2 aromatic rings. The summed E-state index contributed by atoms with van der Waals surface area (Å²) in [6.07, 6.45) is -4.66. The van der Waals surface area contributed by atoms with Crippen molar-refractivity contribution in [1.82, 2.24) is 15.5 Å². The lowest BCUT2D eigenvalue weighted by Crippen LogP contribution is -2.44. The molecule has 21 heavy (non-hydrogen) atoms. The van der Waals surface area contributed by atoms with Gasteiger partial charge in [-0.15, -0.1) is 0 Å². The van der Waals surface area contributed by atoms with Crippen LogP contribution in [0.1, 0.15) is 12.3 Å². The van der Waals surface area contributed by atoms with Gasteiger partial charge in [0, 0.05) is 12.1 Å². The van der Waals surface area contributed by atoms with Gasteiger partial charge in [0.25, 0.3) is 0 Å². The first-order valence-corrected chi connectivity index (χ1v) is 6.30. The molecule has 112 valence electrons. The van der Waals surface area contributed by atoms with E-state index >= 15 is 0 Å². The largest absolute Gasteiger partial charge is 0.404 e. The second-order valence-corrected chi connectivity index (χ2v) is 4.94. The van der Waals surface area contributed by atoms with Crippen LogP contribution < -0.4 is 5.32 Å². The first kappa shape index (κ1) is 14.0. The maximum absolute atomic E-state index is 13.3. The number of benzene rings is 1. The third kappa shape index (κ3) is 2.29. The standard InChI is InChI=1S/C13H11F4N3O/c14-9-3-1-2-8(6-9)10-19-11(21-20-10)12(13(15,16)17)4-5-18-7-12/h1-3,6,18H,4-5,7H2. The van der Waals surface area contributed by atoms with Gasteiger partial charge in [-0.05, 0) is 25.1 Å². The summed E-state index contributed by atoms with van der Waals surface area (Å²) in [4.78, 5) is 3.84. The molecule has 8 heteroatoms. The summed E-state index contributed by atoms with van der Waals surface area (Å²) in [6.45, 7) is -0.0848. The molecule has 1 saturated heterocycles. The Bertz CT molecular complexity index is 647. The molecule has 0 radical (unpaired) electrons. The molecular weight excluding hydrogens is 290 g/mol. The average molecular weight is 301 g/mol. The number of nitrogens with one attached hydrogen (secondary N) is 1. The summed E-state index contributed by atoms with van der Waals surface area (Å²) < 4.78 is 58.0. The number of aromatic nitrogens is 2. The third-order valence-electron chi connectivity index (χ3n) is 3.62. The molecule has 0 spiro atoms. The quantitative estimate of drug-likeness (QED) is 0.867. The van der Waals surface area contributed by atoms with E-state index in [4.69, 9.17) is 4.52 Å². The van der Waals surface area contributed by atoms with Crippen LogP contribution in [-0.4, -0.2) is 29.4 Å². The zero-order valence-electron chi connectivity index (χ0n) is 10.7. The lowest BCUT2D eigenvalue weighted by molar-refractivity contribution is -0.191. The fourth-order valence-electron chi connectivity index (χ4n) is 2.40. The first-order chi connectivity index (χ1) is 9.92. The smallest absolute Gasteiger partial charge is 0.338 e. The van der Waals surface area contributed by atoms with Gasteiger partial charge in [0.15, 0.2) is 5.41 Å². The van der Waals surface area contributed by atoms with Gasteiger partial charge < -0.3 is 9.84 Å². The zero-order valence-corrected chi connectivity index (χ0v) is 10.7. The zero-order chi connectivity index (χ0) is 15.1. The van der Waals surface area contributed by atoms with Crippen molar-refractivity contribution in [3.05, 3.63) is 36.0 Å². The molecular formula is C13H11F4N3O. The summed E-state index contributed by atoms with van der Waals surface area (Å²) in [5, 5.41) is 6.22. The molecule has 0 amide bonds. The Hall–Kier alpha value is -1.96. The highest BCUT2D eigenvalue weighted by atomic mass is 19.4. The van der Waals surface area contributed by atoms with E-state index < -0.39 is 23.3 Å². The van der Waals surface area contributed by atoms with Crippen LogP contribution in [0.15, 0.2) is 28.8 Å². The van der Waals surface area contributed by atoms with Crippen molar-refractivity contribution < 1.29 is 22.1 Å². The number of hydrogen-bond donors (Lipinski definition) is 1. The summed E-state index contributed by atoms with van der Waals surface area (Å²) in [7, 11) is 0. The highest BCUT2D eigenvalue weighted by Gasteiger charge is 2.61. The topological polar surface area (TPSA) is 51.0 Å². The minimum atomic E-state index is -4.50. The molecule has 0 aliphatic carbocycles. The summed E-state index contributed by atoms with van der Waals surface area (Å²) in [5.41, 5.74) is -1.90. The Morgan fingerprint density at radius 2 is 2.10 bits per heavy atom.